The van der Waals surface area contributed by atoms with E-state index < -0.39 is 23.3 Å². The van der Waals surface area contributed by atoms with Crippen molar-refractivity contribution in [3.8, 4) is 0 Å². The molecule has 0 unspecified atom stereocenters. The molecular formula is C15H22O7. The molecule has 7 heteroatoms. The van der Waals surface area contributed by atoms with Crippen molar-refractivity contribution in [2.24, 2.45) is 5.41 Å². The Morgan fingerprint density at radius 1 is 0.909 bits per heavy atom. The fourth-order valence-corrected chi connectivity index (χ4v) is 2.09. The average molecular weight is 314 g/mol. The number of rotatable bonds is 9. The summed E-state index contributed by atoms with van der Waals surface area (Å²) in [6.07, 6.45) is 2.51. The molecule has 0 aliphatic rings. The summed E-state index contributed by atoms with van der Waals surface area (Å²) < 4.78 is 13.9. The number of aldehydes is 1. The highest BCUT2D eigenvalue weighted by molar-refractivity contribution is 6.00. The second-order valence-electron chi connectivity index (χ2n) is 4.69. The first-order valence-corrected chi connectivity index (χ1v) is 6.75. The number of carbonyl (C=O) groups excluding carboxylic acids is 4. The van der Waals surface area contributed by atoms with E-state index in [9.17, 15) is 19.2 Å². The van der Waals surface area contributed by atoms with Crippen LogP contribution in [0.3, 0.4) is 0 Å². The number of hydrogen-bond donors (Lipinski definition) is 0. The average Bonchev–Trinajstić information content (AvgIpc) is 2.55. The first-order chi connectivity index (χ1) is 10.4. The van der Waals surface area contributed by atoms with E-state index in [1.165, 1.54) is 7.11 Å². The van der Waals surface area contributed by atoms with Gasteiger partial charge in [0.05, 0.1) is 21.3 Å². The number of carbonyl (C=O) groups is 4. The lowest BCUT2D eigenvalue weighted by atomic mass is 9.78. The molecule has 0 aliphatic heterocycles. The molecule has 0 aromatic rings. The zero-order valence-corrected chi connectivity index (χ0v) is 13.3. The first kappa shape index (κ1) is 19.8. The molecule has 0 amide bonds. The summed E-state index contributed by atoms with van der Waals surface area (Å²) in [7, 11) is 3.59. The molecule has 0 rings (SSSR count). The Balaban J connectivity index is 5.29. The van der Waals surface area contributed by atoms with Crippen molar-refractivity contribution in [2.75, 3.05) is 21.3 Å². The van der Waals surface area contributed by atoms with E-state index in [0.717, 1.165) is 14.2 Å². The van der Waals surface area contributed by atoms with Gasteiger partial charge in [0.25, 0.3) is 0 Å². The van der Waals surface area contributed by atoms with Crippen LogP contribution in [0.15, 0.2) is 11.6 Å². The monoisotopic (exact) mass is 314 g/mol. The molecule has 124 valence electrons. The number of hydrogen-bond acceptors (Lipinski definition) is 7. The van der Waals surface area contributed by atoms with E-state index in [4.69, 9.17) is 9.47 Å². The van der Waals surface area contributed by atoms with Crippen LogP contribution in [-0.2, 0) is 33.4 Å². The van der Waals surface area contributed by atoms with Gasteiger partial charge in [-0.2, -0.15) is 0 Å². The number of ether oxygens (including phenoxy) is 3. The molecule has 0 aromatic carbocycles. The van der Waals surface area contributed by atoms with Crippen LogP contribution in [-0.4, -0.2) is 45.5 Å². The molecule has 22 heavy (non-hydrogen) atoms. The third-order valence-electron chi connectivity index (χ3n) is 3.37. The van der Waals surface area contributed by atoms with Crippen molar-refractivity contribution < 1.29 is 33.4 Å². The summed E-state index contributed by atoms with van der Waals surface area (Å²) in [5.41, 5.74) is -1.20. The van der Waals surface area contributed by atoms with Crippen molar-refractivity contribution in [1.29, 1.82) is 0 Å². The molecule has 0 saturated heterocycles. The quantitative estimate of drug-likeness (QED) is 0.207. The van der Waals surface area contributed by atoms with E-state index in [2.05, 4.69) is 4.74 Å². The SMILES string of the molecule is COC(=O)/C(C)=C/CCC(CCC=O)(C(=O)OC)C(=O)OC. The Morgan fingerprint density at radius 2 is 1.41 bits per heavy atom. The molecule has 0 saturated carbocycles. The minimum atomic E-state index is -1.56. The molecule has 7 nitrogen and oxygen atoms in total. The third-order valence-corrected chi connectivity index (χ3v) is 3.37. The van der Waals surface area contributed by atoms with Gasteiger partial charge < -0.3 is 19.0 Å². The van der Waals surface area contributed by atoms with E-state index in [0.29, 0.717) is 11.9 Å². The van der Waals surface area contributed by atoms with Crippen molar-refractivity contribution in [3.05, 3.63) is 11.6 Å². The lowest BCUT2D eigenvalue weighted by molar-refractivity contribution is -0.170. The largest absolute Gasteiger partial charge is 0.468 e. The van der Waals surface area contributed by atoms with Gasteiger partial charge >= 0.3 is 17.9 Å². The van der Waals surface area contributed by atoms with Gasteiger partial charge in [-0.05, 0) is 26.2 Å². The minimum Gasteiger partial charge on any atom is -0.468 e. The summed E-state index contributed by atoms with van der Waals surface area (Å²) in [6, 6.07) is 0. The fourth-order valence-electron chi connectivity index (χ4n) is 2.09. The van der Waals surface area contributed by atoms with E-state index >= 15 is 0 Å². The van der Waals surface area contributed by atoms with Crippen LogP contribution >= 0.6 is 0 Å². The predicted octanol–water partition coefficient (Wildman–Crippen LogP) is 1.20. The Morgan fingerprint density at radius 3 is 1.82 bits per heavy atom. The standard InChI is InChI=1S/C15H22O7/c1-11(12(17)20-2)7-5-8-15(9-6-10-16,13(18)21-3)14(19)22-4/h7,10H,5-6,8-9H2,1-4H3/b11-7+. The summed E-state index contributed by atoms with van der Waals surface area (Å²) in [5, 5.41) is 0. The lowest BCUT2D eigenvalue weighted by Gasteiger charge is -2.27. The Hall–Kier alpha value is -2.18. The molecule has 0 heterocycles. The van der Waals surface area contributed by atoms with E-state index in [-0.39, 0.29) is 25.7 Å². The van der Waals surface area contributed by atoms with Gasteiger partial charge in [0.1, 0.15) is 6.29 Å². The van der Waals surface area contributed by atoms with Crippen molar-refractivity contribution in [1.82, 2.24) is 0 Å². The highest BCUT2D eigenvalue weighted by Crippen LogP contribution is 2.33. The van der Waals surface area contributed by atoms with Gasteiger partial charge in [-0.3, -0.25) is 9.59 Å². The van der Waals surface area contributed by atoms with E-state index in [1.54, 1.807) is 13.0 Å². The normalized spacial score (nSPS) is 11.5. The molecule has 0 fully saturated rings. The molecule has 0 N–H and O–H groups in total. The van der Waals surface area contributed by atoms with Gasteiger partial charge in [-0.25, -0.2) is 4.79 Å². The maximum Gasteiger partial charge on any atom is 0.333 e. The molecule has 0 aromatic heterocycles. The predicted molar refractivity (Wildman–Crippen MR) is 76.8 cm³/mol. The second kappa shape index (κ2) is 9.70. The van der Waals surface area contributed by atoms with Gasteiger partial charge in [0.2, 0.25) is 0 Å². The molecule has 0 spiro atoms. The first-order valence-electron chi connectivity index (χ1n) is 6.75. The van der Waals surface area contributed by atoms with E-state index in [1.807, 2.05) is 0 Å². The molecule has 0 bridgehead atoms. The Bertz CT molecular complexity index is 435. The summed E-state index contributed by atoms with van der Waals surface area (Å²) in [4.78, 5) is 46.0. The lowest BCUT2D eigenvalue weighted by Crippen LogP contribution is -2.41. The highest BCUT2D eigenvalue weighted by atomic mass is 16.5. The minimum absolute atomic E-state index is 0.0129. The number of methoxy groups -OCH3 is 3. The molecule has 0 aliphatic carbocycles. The maximum absolute atomic E-state index is 12.1. The number of allylic oxidation sites excluding steroid dienone is 1. The van der Waals surface area contributed by atoms with Crippen LogP contribution in [0.1, 0.15) is 32.6 Å². The topological polar surface area (TPSA) is 96.0 Å². The summed E-state index contributed by atoms with van der Waals surface area (Å²) in [6.45, 7) is 1.56. The maximum atomic E-state index is 12.1. The van der Waals surface area contributed by atoms with Crippen LogP contribution < -0.4 is 0 Å². The zero-order chi connectivity index (χ0) is 17.2. The van der Waals surface area contributed by atoms with Crippen molar-refractivity contribution >= 4 is 24.2 Å². The van der Waals surface area contributed by atoms with Crippen molar-refractivity contribution in [2.45, 2.75) is 32.6 Å². The van der Waals surface area contributed by atoms with Crippen LogP contribution in [0.2, 0.25) is 0 Å². The molecule has 0 radical (unpaired) electrons. The van der Waals surface area contributed by atoms with Crippen molar-refractivity contribution in [3.63, 3.8) is 0 Å². The third kappa shape index (κ3) is 4.98. The summed E-state index contributed by atoms with van der Waals surface area (Å²) >= 11 is 0. The molecule has 0 atom stereocenters. The van der Waals surface area contributed by atoms with Crippen LogP contribution in [0.25, 0.3) is 0 Å². The Kier molecular flexibility index (Phi) is 8.74. The van der Waals surface area contributed by atoms with Gasteiger partial charge in [-0.1, -0.05) is 6.08 Å². The summed E-state index contributed by atoms with van der Waals surface area (Å²) in [5.74, 6) is -2.01. The van der Waals surface area contributed by atoms with Crippen LogP contribution in [0.5, 0.6) is 0 Å². The fraction of sp³-hybridized carbons (Fsp3) is 0.600. The zero-order valence-electron chi connectivity index (χ0n) is 13.3. The smallest absolute Gasteiger partial charge is 0.333 e. The number of esters is 3. The van der Waals surface area contributed by atoms with Crippen LogP contribution in [0.4, 0.5) is 0 Å². The van der Waals surface area contributed by atoms with Gasteiger partial charge in [-0.15, -0.1) is 0 Å². The van der Waals surface area contributed by atoms with Gasteiger partial charge in [0.15, 0.2) is 5.41 Å². The molecular weight excluding hydrogens is 292 g/mol. The van der Waals surface area contributed by atoms with Crippen LogP contribution in [0, 0.1) is 5.41 Å². The highest BCUT2D eigenvalue weighted by Gasteiger charge is 2.47. The Labute approximate surface area is 129 Å². The van der Waals surface area contributed by atoms with Gasteiger partial charge in [0, 0.05) is 12.0 Å². The second-order valence-corrected chi connectivity index (χ2v) is 4.69.